The highest BCUT2D eigenvalue weighted by molar-refractivity contribution is 7.99. The molecule has 1 N–H and O–H groups in total. The quantitative estimate of drug-likeness (QED) is 0.678. The summed E-state index contributed by atoms with van der Waals surface area (Å²) in [5, 5.41) is 0.478. The molecule has 0 aliphatic carbocycles. The van der Waals surface area contributed by atoms with Crippen LogP contribution in [0, 0.1) is 18.6 Å². The van der Waals surface area contributed by atoms with Crippen LogP contribution in [0.1, 0.15) is 5.56 Å². The first-order valence-corrected chi connectivity index (χ1v) is 10.0. The van der Waals surface area contributed by atoms with E-state index in [0.29, 0.717) is 29.3 Å². The third-order valence-electron chi connectivity index (χ3n) is 4.83. The van der Waals surface area contributed by atoms with Crippen LogP contribution in [0.15, 0.2) is 41.6 Å². The first kappa shape index (κ1) is 18.7. The summed E-state index contributed by atoms with van der Waals surface area (Å²) in [6, 6.07) is 10.5. The Hall–Kier alpha value is -2.61. The highest BCUT2D eigenvalue weighted by Gasteiger charge is 2.22. The minimum absolute atomic E-state index is 0.0340. The average Bonchev–Trinajstić information content (AvgIpc) is 3.08. The number of aryl methyl sites for hydroxylation is 1. The van der Waals surface area contributed by atoms with Gasteiger partial charge in [0.05, 0.1) is 16.8 Å². The molecule has 146 valence electrons. The number of carbonyl (C=O) groups is 1. The zero-order valence-corrected chi connectivity index (χ0v) is 16.2. The fourth-order valence-corrected chi connectivity index (χ4v) is 4.10. The van der Waals surface area contributed by atoms with Crippen LogP contribution in [-0.2, 0) is 4.79 Å². The number of anilines is 1. The Morgan fingerprint density at radius 3 is 2.64 bits per heavy atom. The summed E-state index contributed by atoms with van der Waals surface area (Å²) in [4.78, 5) is 23.8. The van der Waals surface area contributed by atoms with Crippen molar-refractivity contribution in [2.24, 2.45) is 0 Å². The zero-order chi connectivity index (χ0) is 19.7. The van der Waals surface area contributed by atoms with Gasteiger partial charge in [-0.05, 0) is 24.6 Å². The summed E-state index contributed by atoms with van der Waals surface area (Å²) in [6.07, 6.45) is 0. The molecule has 3 aromatic rings. The van der Waals surface area contributed by atoms with E-state index in [1.54, 1.807) is 0 Å². The maximum Gasteiger partial charge on any atom is 0.233 e. The third-order valence-corrected chi connectivity index (χ3v) is 5.69. The molecule has 2 heterocycles. The Morgan fingerprint density at radius 2 is 1.89 bits per heavy atom. The van der Waals surface area contributed by atoms with Crippen molar-refractivity contribution >= 4 is 34.4 Å². The van der Waals surface area contributed by atoms with Crippen LogP contribution in [-0.4, -0.2) is 52.7 Å². The van der Waals surface area contributed by atoms with Crippen LogP contribution >= 0.6 is 11.8 Å². The van der Waals surface area contributed by atoms with E-state index in [1.807, 2.05) is 11.0 Å². The van der Waals surface area contributed by atoms with Crippen molar-refractivity contribution in [3.05, 3.63) is 53.6 Å². The van der Waals surface area contributed by atoms with E-state index in [9.17, 15) is 13.6 Å². The summed E-state index contributed by atoms with van der Waals surface area (Å²) in [6.45, 7) is 5.00. The Bertz CT molecular complexity index is 976. The molecular formula is C20H20F2N4OS. The van der Waals surface area contributed by atoms with Crippen LogP contribution in [0.5, 0.6) is 0 Å². The second-order valence-electron chi connectivity index (χ2n) is 6.82. The molecule has 1 aromatic heterocycles. The molecule has 1 fully saturated rings. The van der Waals surface area contributed by atoms with Gasteiger partial charge in [0.2, 0.25) is 5.91 Å². The van der Waals surface area contributed by atoms with E-state index < -0.39 is 11.6 Å². The van der Waals surface area contributed by atoms with Crippen molar-refractivity contribution in [2.45, 2.75) is 12.1 Å². The second kappa shape index (κ2) is 7.79. The van der Waals surface area contributed by atoms with Gasteiger partial charge in [0.1, 0.15) is 0 Å². The van der Waals surface area contributed by atoms with Gasteiger partial charge in [0, 0.05) is 44.0 Å². The van der Waals surface area contributed by atoms with Gasteiger partial charge in [-0.15, -0.1) is 0 Å². The number of piperazine rings is 1. The normalized spacial score (nSPS) is 14.7. The van der Waals surface area contributed by atoms with Crippen molar-refractivity contribution in [1.82, 2.24) is 14.9 Å². The molecule has 0 radical (unpaired) electrons. The van der Waals surface area contributed by atoms with Gasteiger partial charge >= 0.3 is 0 Å². The number of halogens is 2. The molecular weight excluding hydrogens is 382 g/mol. The SMILES string of the molecule is Cc1cccc(N2CCN(C(=O)CSc3nc4cc(F)c(F)cc4[nH]3)CC2)c1. The van der Waals surface area contributed by atoms with Crippen molar-refractivity contribution in [1.29, 1.82) is 0 Å². The summed E-state index contributed by atoms with van der Waals surface area (Å²) in [5.74, 6) is -1.59. The summed E-state index contributed by atoms with van der Waals surface area (Å²) >= 11 is 1.24. The number of H-pyrrole nitrogens is 1. The van der Waals surface area contributed by atoms with Gasteiger partial charge in [0.15, 0.2) is 16.8 Å². The van der Waals surface area contributed by atoms with Gasteiger partial charge in [0.25, 0.3) is 0 Å². The molecule has 1 aliphatic heterocycles. The molecule has 1 aliphatic rings. The van der Waals surface area contributed by atoms with Crippen LogP contribution in [0.4, 0.5) is 14.5 Å². The standard InChI is InChI=1S/C20H20F2N4OS/c1-13-3-2-4-14(9-13)25-5-7-26(8-6-25)19(27)12-28-20-23-17-10-15(21)16(22)11-18(17)24-20/h2-4,9-11H,5-8,12H2,1H3,(H,23,24). The van der Waals surface area contributed by atoms with Crippen LogP contribution in [0.3, 0.4) is 0 Å². The molecule has 0 bridgehead atoms. The van der Waals surface area contributed by atoms with Crippen molar-refractivity contribution in [2.75, 3.05) is 36.8 Å². The van der Waals surface area contributed by atoms with Crippen molar-refractivity contribution < 1.29 is 13.6 Å². The number of nitrogens with zero attached hydrogens (tertiary/aromatic N) is 3. The number of rotatable bonds is 4. The third kappa shape index (κ3) is 3.96. The number of hydrogen-bond donors (Lipinski definition) is 1. The van der Waals surface area contributed by atoms with E-state index in [2.05, 4.69) is 40.0 Å². The maximum atomic E-state index is 13.3. The highest BCUT2D eigenvalue weighted by Crippen LogP contribution is 2.23. The van der Waals surface area contributed by atoms with Crippen LogP contribution < -0.4 is 4.90 Å². The number of imidazole rings is 1. The predicted molar refractivity (Wildman–Crippen MR) is 107 cm³/mol. The number of hydrogen-bond acceptors (Lipinski definition) is 4. The largest absolute Gasteiger partial charge is 0.368 e. The number of aromatic nitrogens is 2. The summed E-state index contributed by atoms with van der Waals surface area (Å²) in [7, 11) is 0. The minimum Gasteiger partial charge on any atom is -0.368 e. The summed E-state index contributed by atoms with van der Waals surface area (Å²) in [5.41, 5.74) is 3.17. The van der Waals surface area contributed by atoms with E-state index in [1.165, 1.54) is 23.0 Å². The lowest BCUT2D eigenvalue weighted by molar-refractivity contribution is -0.128. The van der Waals surface area contributed by atoms with Crippen molar-refractivity contribution in [3.63, 3.8) is 0 Å². The first-order valence-electron chi connectivity index (χ1n) is 9.06. The monoisotopic (exact) mass is 402 g/mol. The van der Waals surface area contributed by atoms with E-state index in [-0.39, 0.29) is 11.7 Å². The number of fused-ring (bicyclic) bond motifs is 1. The molecule has 0 atom stereocenters. The average molecular weight is 402 g/mol. The Morgan fingerprint density at radius 1 is 1.14 bits per heavy atom. The Kier molecular flexibility index (Phi) is 5.21. The number of amides is 1. The van der Waals surface area contributed by atoms with Gasteiger partial charge in [-0.2, -0.15) is 0 Å². The smallest absolute Gasteiger partial charge is 0.233 e. The van der Waals surface area contributed by atoms with E-state index in [4.69, 9.17) is 0 Å². The molecule has 0 unspecified atom stereocenters. The lowest BCUT2D eigenvalue weighted by atomic mass is 10.2. The Balaban J connectivity index is 1.32. The van der Waals surface area contributed by atoms with Crippen LogP contribution in [0.2, 0.25) is 0 Å². The molecule has 1 saturated heterocycles. The molecule has 1 amide bonds. The second-order valence-corrected chi connectivity index (χ2v) is 7.78. The molecule has 28 heavy (non-hydrogen) atoms. The lowest BCUT2D eigenvalue weighted by Gasteiger charge is -2.36. The number of carbonyl (C=O) groups excluding carboxylic acids is 1. The number of benzene rings is 2. The van der Waals surface area contributed by atoms with Gasteiger partial charge in [-0.1, -0.05) is 23.9 Å². The molecule has 2 aromatic carbocycles. The molecule has 0 spiro atoms. The fourth-order valence-electron chi connectivity index (χ4n) is 3.31. The molecule has 0 saturated carbocycles. The van der Waals surface area contributed by atoms with E-state index in [0.717, 1.165) is 25.2 Å². The molecule has 4 rings (SSSR count). The number of nitrogens with one attached hydrogen (secondary N) is 1. The molecule has 8 heteroatoms. The highest BCUT2D eigenvalue weighted by atomic mass is 32.2. The fraction of sp³-hybridized carbons (Fsp3) is 0.300. The number of thioether (sulfide) groups is 1. The predicted octanol–water partition coefficient (Wildman–Crippen LogP) is 3.59. The maximum absolute atomic E-state index is 13.3. The van der Waals surface area contributed by atoms with E-state index >= 15 is 0 Å². The minimum atomic E-state index is -0.932. The van der Waals surface area contributed by atoms with Gasteiger partial charge in [-0.3, -0.25) is 4.79 Å². The van der Waals surface area contributed by atoms with Crippen molar-refractivity contribution in [3.8, 4) is 0 Å². The zero-order valence-electron chi connectivity index (χ0n) is 15.4. The summed E-state index contributed by atoms with van der Waals surface area (Å²) < 4.78 is 26.6. The van der Waals surface area contributed by atoms with Gasteiger partial charge in [-0.25, -0.2) is 13.8 Å². The lowest BCUT2D eigenvalue weighted by Crippen LogP contribution is -2.49. The number of aromatic amines is 1. The Labute approximate surface area is 165 Å². The van der Waals surface area contributed by atoms with Gasteiger partial charge < -0.3 is 14.8 Å². The molecule has 5 nitrogen and oxygen atoms in total. The topological polar surface area (TPSA) is 52.2 Å². The van der Waals surface area contributed by atoms with Crippen LogP contribution in [0.25, 0.3) is 11.0 Å². The first-order chi connectivity index (χ1) is 13.5.